The van der Waals surface area contributed by atoms with Gasteiger partial charge in [0, 0.05) is 31.7 Å². The highest BCUT2D eigenvalue weighted by molar-refractivity contribution is 6.46. The smallest absolute Gasteiger partial charge is 0.295 e. The molecule has 1 atom stereocenters. The van der Waals surface area contributed by atoms with Crippen LogP contribution in [0.25, 0.3) is 5.76 Å². The highest BCUT2D eigenvalue weighted by atomic mass is 16.6. The van der Waals surface area contributed by atoms with Gasteiger partial charge in [-0.2, -0.15) is 0 Å². The van der Waals surface area contributed by atoms with Crippen molar-refractivity contribution in [2.24, 2.45) is 0 Å². The molecule has 9 nitrogen and oxygen atoms in total. The molecule has 3 aliphatic heterocycles. The zero-order valence-corrected chi connectivity index (χ0v) is 21.7. The van der Waals surface area contributed by atoms with Crippen molar-refractivity contribution in [2.75, 3.05) is 59.2 Å². The number of ketones is 1. The van der Waals surface area contributed by atoms with Crippen LogP contribution in [0.3, 0.4) is 0 Å². The Bertz CT molecular complexity index is 1190. The molecule has 0 aromatic heterocycles. The van der Waals surface area contributed by atoms with Crippen LogP contribution < -0.4 is 14.2 Å². The Morgan fingerprint density at radius 2 is 1.71 bits per heavy atom. The number of morpholine rings is 1. The first-order valence-electron chi connectivity index (χ1n) is 13.3. The summed E-state index contributed by atoms with van der Waals surface area (Å²) in [6.07, 6.45) is 1.99. The van der Waals surface area contributed by atoms with Crippen LogP contribution in [-0.2, 0) is 14.3 Å². The number of Topliss-reactive ketones (excluding diaryl/α,β-unsaturated/α-hetero) is 1. The van der Waals surface area contributed by atoms with E-state index in [1.165, 1.54) is 0 Å². The molecule has 2 aromatic rings. The number of nitrogens with zero attached hydrogens (tertiary/aromatic N) is 2. The van der Waals surface area contributed by atoms with E-state index in [4.69, 9.17) is 18.9 Å². The number of hydrogen-bond donors (Lipinski definition) is 1. The molecule has 0 spiro atoms. The quantitative estimate of drug-likeness (QED) is 0.232. The molecule has 2 aromatic carbocycles. The van der Waals surface area contributed by atoms with Gasteiger partial charge in [0.2, 0.25) is 0 Å². The van der Waals surface area contributed by atoms with E-state index in [2.05, 4.69) is 11.8 Å². The third kappa shape index (κ3) is 5.49. The highest BCUT2D eigenvalue weighted by Crippen LogP contribution is 2.41. The number of carbonyl (C=O) groups is 2. The minimum Gasteiger partial charge on any atom is -0.507 e. The molecular weight excluding hydrogens is 488 g/mol. The fourth-order valence-electron chi connectivity index (χ4n) is 4.96. The first-order valence-corrected chi connectivity index (χ1v) is 13.3. The number of benzene rings is 2. The summed E-state index contributed by atoms with van der Waals surface area (Å²) in [6.45, 7) is 7.37. The minimum atomic E-state index is -0.728. The van der Waals surface area contributed by atoms with Gasteiger partial charge in [-0.05, 0) is 42.3 Å². The van der Waals surface area contributed by atoms with Gasteiger partial charge in [-0.1, -0.05) is 25.5 Å². The van der Waals surface area contributed by atoms with E-state index < -0.39 is 17.7 Å². The number of aliphatic hydroxyl groups is 1. The Balaban J connectivity index is 1.49. The van der Waals surface area contributed by atoms with Gasteiger partial charge in [0.15, 0.2) is 11.5 Å². The molecule has 1 N–H and O–H groups in total. The summed E-state index contributed by atoms with van der Waals surface area (Å²) < 4.78 is 22.5. The molecule has 3 heterocycles. The van der Waals surface area contributed by atoms with E-state index in [1.807, 2.05) is 24.3 Å². The standard InChI is InChI=1S/C29H34N2O7/c1-2-3-14-36-22-7-4-20(5-8-22)26-25(27(32)21-6-9-23-24(19-21)38-18-17-37-23)28(33)29(34)31(26)11-10-30-12-15-35-16-13-30/h4-9,19,26,32H,2-3,10-18H2,1H3. The van der Waals surface area contributed by atoms with Gasteiger partial charge in [0.1, 0.15) is 24.7 Å². The Morgan fingerprint density at radius 1 is 0.974 bits per heavy atom. The number of aliphatic hydroxyl groups excluding tert-OH is 1. The normalized spacial score (nSPS) is 21.1. The molecule has 0 saturated carbocycles. The molecule has 0 aliphatic carbocycles. The maximum Gasteiger partial charge on any atom is 0.295 e. The molecule has 9 heteroatoms. The van der Waals surface area contributed by atoms with E-state index in [0.717, 1.165) is 37.2 Å². The second-order valence-electron chi connectivity index (χ2n) is 9.58. The molecule has 1 unspecified atom stereocenters. The van der Waals surface area contributed by atoms with Gasteiger partial charge in [0.25, 0.3) is 11.7 Å². The van der Waals surface area contributed by atoms with Crippen molar-refractivity contribution in [1.82, 2.24) is 9.80 Å². The summed E-state index contributed by atoms with van der Waals surface area (Å²) in [4.78, 5) is 30.5. The Labute approximate surface area is 222 Å². The molecule has 5 rings (SSSR count). The number of ether oxygens (including phenoxy) is 4. The van der Waals surface area contributed by atoms with E-state index in [-0.39, 0.29) is 11.3 Å². The average Bonchev–Trinajstić information content (AvgIpc) is 3.21. The number of likely N-dealkylation sites (tertiary alicyclic amines) is 1. The van der Waals surface area contributed by atoms with E-state index in [1.54, 1.807) is 23.1 Å². The predicted octanol–water partition coefficient (Wildman–Crippen LogP) is 3.39. The van der Waals surface area contributed by atoms with Crippen LogP contribution in [0.5, 0.6) is 17.2 Å². The lowest BCUT2D eigenvalue weighted by molar-refractivity contribution is -0.140. The van der Waals surface area contributed by atoms with E-state index in [0.29, 0.717) is 63.2 Å². The fourth-order valence-corrected chi connectivity index (χ4v) is 4.96. The third-order valence-corrected chi connectivity index (χ3v) is 7.08. The molecule has 38 heavy (non-hydrogen) atoms. The molecule has 0 radical (unpaired) electrons. The van der Waals surface area contributed by atoms with Gasteiger partial charge in [-0.3, -0.25) is 14.5 Å². The second kappa shape index (κ2) is 11.9. The molecule has 3 aliphatic rings. The largest absolute Gasteiger partial charge is 0.507 e. The van der Waals surface area contributed by atoms with Crippen molar-refractivity contribution in [3.05, 3.63) is 59.2 Å². The van der Waals surface area contributed by atoms with Crippen LogP contribution in [0.2, 0.25) is 0 Å². The summed E-state index contributed by atoms with van der Waals surface area (Å²) in [5.41, 5.74) is 1.19. The highest BCUT2D eigenvalue weighted by Gasteiger charge is 2.46. The SMILES string of the molecule is CCCCOc1ccc(C2C(=C(O)c3ccc4c(c3)OCCO4)C(=O)C(=O)N2CCN2CCOCC2)cc1. The fraction of sp³-hybridized carbons (Fsp3) is 0.448. The average molecular weight is 523 g/mol. The molecule has 0 bridgehead atoms. The van der Waals surface area contributed by atoms with Gasteiger partial charge in [0.05, 0.1) is 31.4 Å². The maximum absolute atomic E-state index is 13.4. The van der Waals surface area contributed by atoms with Crippen LogP contribution in [0, 0.1) is 0 Å². The predicted molar refractivity (Wildman–Crippen MR) is 141 cm³/mol. The lowest BCUT2D eigenvalue weighted by atomic mass is 9.95. The monoisotopic (exact) mass is 522 g/mol. The van der Waals surface area contributed by atoms with Crippen molar-refractivity contribution in [3.63, 3.8) is 0 Å². The van der Waals surface area contributed by atoms with Crippen LogP contribution in [0.1, 0.15) is 36.9 Å². The summed E-state index contributed by atoms with van der Waals surface area (Å²) in [7, 11) is 0. The Hall–Kier alpha value is -3.56. The molecular formula is C29H34N2O7. The van der Waals surface area contributed by atoms with Crippen molar-refractivity contribution in [2.45, 2.75) is 25.8 Å². The number of carbonyl (C=O) groups excluding carboxylic acids is 2. The first-order chi connectivity index (χ1) is 18.6. The van der Waals surface area contributed by atoms with Crippen molar-refractivity contribution in [3.8, 4) is 17.2 Å². The number of hydrogen-bond acceptors (Lipinski definition) is 8. The topological polar surface area (TPSA) is 97.8 Å². The van der Waals surface area contributed by atoms with Crippen molar-refractivity contribution in [1.29, 1.82) is 0 Å². The number of rotatable bonds is 9. The van der Waals surface area contributed by atoms with Crippen molar-refractivity contribution >= 4 is 17.4 Å². The summed E-state index contributed by atoms with van der Waals surface area (Å²) in [6, 6.07) is 11.7. The molecule has 1 amide bonds. The van der Waals surface area contributed by atoms with Crippen molar-refractivity contribution < 1.29 is 33.6 Å². The number of amides is 1. The van der Waals surface area contributed by atoms with Crippen LogP contribution in [0.15, 0.2) is 48.0 Å². The summed E-state index contributed by atoms with van der Waals surface area (Å²) in [5, 5.41) is 11.4. The molecule has 202 valence electrons. The first kappa shape index (κ1) is 26.1. The lowest BCUT2D eigenvalue weighted by Crippen LogP contribution is -2.42. The van der Waals surface area contributed by atoms with Gasteiger partial charge in [-0.25, -0.2) is 0 Å². The molecule has 2 fully saturated rings. The third-order valence-electron chi connectivity index (χ3n) is 7.08. The van der Waals surface area contributed by atoms with Gasteiger partial charge in [-0.15, -0.1) is 0 Å². The zero-order valence-electron chi connectivity index (χ0n) is 21.7. The van der Waals surface area contributed by atoms with Gasteiger partial charge < -0.3 is 29.0 Å². The Kier molecular flexibility index (Phi) is 8.14. The lowest BCUT2D eigenvalue weighted by Gasteiger charge is -2.31. The number of unbranched alkanes of at least 4 members (excludes halogenated alkanes) is 1. The van der Waals surface area contributed by atoms with Crippen LogP contribution >= 0.6 is 0 Å². The maximum atomic E-state index is 13.4. The molecule has 2 saturated heterocycles. The summed E-state index contributed by atoms with van der Waals surface area (Å²) in [5.74, 6) is 0.237. The minimum absolute atomic E-state index is 0.0632. The second-order valence-corrected chi connectivity index (χ2v) is 9.58. The van der Waals surface area contributed by atoms with Crippen LogP contribution in [0.4, 0.5) is 0 Å². The zero-order chi connectivity index (χ0) is 26.5. The summed E-state index contributed by atoms with van der Waals surface area (Å²) >= 11 is 0. The van der Waals surface area contributed by atoms with E-state index in [9.17, 15) is 14.7 Å². The van der Waals surface area contributed by atoms with Crippen LogP contribution in [-0.4, -0.2) is 85.8 Å². The van der Waals surface area contributed by atoms with Gasteiger partial charge >= 0.3 is 0 Å². The Morgan fingerprint density at radius 3 is 2.45 bits per heavy atom. The van der Waals surface area contributed by atoms with E-state index >= 15 is 0 Å². The number of fused-ring (bicyclic) bond motifs is 1.